The zero-order chi connectivity index (χ0) is 16.7. The first-order chi connectivity index (χ1) is 11.6. The number of rotatable bonds is 3. The van der Waals surface area contributed by atoms with Crippen molar-refractivity contribution in [2.75, 3.05) is 19.6 Å². The summed E-state index contributed by atoms with van der Waals surface area (Å²) in [7, 11) is -3.45. The summed E-state index contributed by atoms with van der Waals surface area (Å²) < 4.78 is 31.5. The summed E-state index contributed by atoms with van der Waals surface area (Å²) in [5.41, 5.74) is 0.753. The third-order valence-corrected chi connectivity index (χ3v) is 7.10. The Balaban J connectivity index is 1.67. The lowest BCUT2D eigenvalue weighted by molar-refractivity contribution is 0.252. The second-order valence-electron chi connectivity index (χ2n) is 6.87. The van der Waals surface area contributed by atoms with Crippen LogP contribution in [-0.2, 0) is 10.2 Å². The van der Waals surface area contributed by atoms with Gasteiger partial charge in [0, 0.05) is 25.8 Å². The maximum atomic E-state index is 13.2. The summed E-state index contributed by atoms with van der Waals surface area (Å²) in [6.45, 7) is 3.91. The molecule has 2 fully saturated rings. The van der Waals surface area contributed by atoms with Crippen LogP contribution in [0, 0.1) is 5.92 Å². The second-order valence-corrected chi connectivity index (χ2v) is 8.75. The standard InChI is InChI=1S/C16H23N5O2S/c1-13-6-4-9-19(12-13)24(22,23)21-11-5-7-14(21)16-18-17-15-8-2-3-10-20(15)16/h2-3,8,10,13-14H,4-7,9,11-12H2,1H3/t13-,14-/m1/s1. The third-order valence-electron chi connectivity index (χ3n) is 5.08. The molecule has 0 saturated carbocycles. The number of hydrogen-bond acceptors (Lipinski definition) is 4. The van der Waals surface area contributed by atoms with E-state index in [-0.39, 0.29) is 6.04 Å². The van der Waals surface area contributed by atoms with Crippen molar-refractivity contribution in [3.63, 3.8) is 0 Å². The zero-order valence-electron chi connectivity index (χ0n) is 13.9. The van der Waals surface area contributed by atoms with Crippen molar-refractivity contribution in [3.8, 4) is 0 Å². The van der Waals surface area contributed by atoms with E-state index in [0.29, 0.717) is 25.6 Å². The number of piperidine rings is 1. The molecule has 4 rings (SSSR count). The van der Waals surface area contributed by atoms with Crippen LogP contribution in [0.3, 0.4) is 0 Å². The average Bonchev–Trinajstić information content (AvgIpc) is 3.21. The highest BCUT2D eigenvalue weighted by atomic mass is 32.2. The van der Waals surface area contributed by atoms with Crippen LogP contribution in [0.15, 0.2) is 24.4 Å². The lowest BCUT2D eigenvalue weighted by Gasteiger charge is -2.34. The SMILES string of the molecule is C[C@@H]1CCCN(S(=O)(=O)N2CCC[C@@H]2c2nnc3ccccn23)C1. The Morgan fingerprint density at radius 1 is 1.12 bits per heavy atom. The highest BCUT2D eigenvalue weighted by Gasteiger charge is 2.41. The molecule has 8 heteroatoms. The second kappa shape index (κ2) is 6.09. The van der Waals surface area contributed by atoms with E-state index in [1.807, 2.05) is 28.8 Å². The molecule has 2 aromatic rings. The number of fused-ring (bicyclic) bond motifs is 1. The van der Waals surface area contributed by atoms with E-state index in [9.17, 15) is 8.42 Å². The third kappa shape index (κ3) is 2.62. The minimum atomic E-state index is -3.45. The highest BCUT2D eigenvalue weighted by Crippen LogP contribution is 2.35. The first kappa shape index (κ1) is 16.0. The van der Waals surface area contributed by atoms with E-state index >= 15 is 0 Å². The fourth-order valence-electron chi connectivity index (χ4n) is 3.87. The largest absolute Gasteiger partial charge is 0.285 e. The van der Waals surface area contributed by atoms with Crippen molar-refractivity contribution in [1.29, 1.82) is 0 Å². The van der Waals surface area contributed by atoms with Gasteiger partial charge in [0.05, 0.1) is 6.04 Å². The van der Waals surface area contributed by atoms with Crippen LogP contribution in [0.25, 0.3) is 5.65 Å². The number of nitrogens with zero attached hydrogens (tertiary/aromatic N) is 5. The van der Waals surface area contributed by atoms with Gasteiger partial charge >= 0.3 is 0 Å². The van der Waals surface area contributed by atoms with Crippen molar-refractivity contribution in [1.82, 2.24) is 23.2 Å². The molecule has 2 atom stereocenters. The summed E-state index contributed by atoms with van der Waals surface area (Å²) in [6, 6.07) is 5.48. The predicted molar refractivity (Wildman–Crippen MR) is 90.6 cm³/mol. The van der Waals surface area contributed by atoms with Crippen LogP contribution in [-0.4, -0.2) is 51.3 Å². The Kier molecular flexibility index (Phi) is 4.06. The summed E-state index contributed by atoms with van der Waals surface area (Å²) in [5, 5.41) is 8.47. The topological polar surface area (TPSA) is 70.8 Å². The van der Waals surface area contributed by atoms with Crippen molar-refractivity contribution in [2.45, 2.75) is 38.6 Å². The highest BCUT2D eigenvalue weighted by molar-refractivity contribution is 7.86. The Morgan fingerprint density at radius 3 is 2.79 bits per heavy atom. The summed E-state index contributed by atoms with van der Waals surface area (Å²) in [4.78, 5) is 0. The predicted octanol–water partition coefficient (Wildman–Crippen LogP) is 1.84. The van der Waals surface area contributed by atoms with Crippen molar-refractivity contribution < 1.29 is 8.42 Å². The fraction of sp³-hybridized carbons (Fsp3) is 0.625. The molecule has 4 heterocycles. The Labute approximate surface area is 142 Å². The van der Waals surface area contributed by atoms with E-state index in [1.165, 1.54) is 0 Å². The van der Waals surface area contributed by atoms with Crippen molar-refractivity contribution >= 4 is 15.9 Å². The maximum absolute atomic E-state index is 13.2. The van der Waals surface area contributed by atoms with E-state index < -0.39 is 10.2 Å². The Bertz CT molecular complexity index is 834. The molecule has 2 aliphatic heterocycles. The first-order valence-electron chi connectivity index (χ1n) is 8.64. The molecule has 0 aliphatic carbocycles. The quantitative estimate of drug-likeness (QED) is 0.848. The normalized spacial score (nSPS) is 27.0. The summed E-state index contributed by atoms with van der Waals surface area (Å²) in [5.74, 6) is 1.14. The van der Waals surface area contributed by atoms with E-state index in [1.54, 1.807) is 8.61 Å². The minimum absolute atomic E-state index is 0.232. The van der Waals surface area contributed by atoms with Crippen molar-refractivity contribution in [2.24, 2.45) is 5.92 Å². The van der Waals surface area contributed by atoms with Gasteiger partial charge < -0.3 is 0 Å². The van der Waals surface area contributed by atoms with E-state index in [2.05, 4.69) is 17.1 Å². The molecule has 0 spiro atoms. The molecule has 0 radical (unpaired) electrons. The number of hydrogen-bond donors (Lipinski definition) is 0. The molecule has 0 amide bonds. The van der Waals surface area contributed by atoms with Crippen LogP contribution in [0.4, 0.5) is 0 Å². The first-order valence-corrected chi connectivity index (χ1v) is 10.0. The molecule has 0 bridgehead atoms. The molecule has 7 nitrogen and oxygen atoms in total. The van der Waals surface area contributed by atoms with Gasteiger partial charge in [-0.15, -0.1) is 10.2 Å². The van der Waals surface area contributed by atoms with Gasteiger partial charge in [-0.3, -0.25) is 4.40 Å². The van der Waals surface area contributed by atoms with Gasteiger partial charge in [0.15, 0.2) is 11.5 Å². The summed E-state index contributed by atoms with van der Waals surface area (Å²) in [6.07, 6.45) is 5.58. The molecule has 2 saturated heterocycles. The summed E-state index contributed by atoms with van der Waals surface area (Å²) >= 11 is 0. The van der Waals surface area contributed by atoms with Gasteiger partial charge in [-0.1, -0.05) is 13.0 Å². The van der Waals surface area contributed by atoms with Crippen LogP contribution < -0.4 is 0 Å². The molecular weight excluding hydrogens is 326 g/mol. The molecule has 0 N–H and O–H groups in total. The molecule has 2 aromatic heterocycles. The lowest BCUT2D eigenvalue weighted by Crippen LogP contribution is -2.47. The van der Waals surface area contributed by atoms with Crippen molar-refractivity contribution in [3.05, 3.63) is 30.2 Å². The average molecular weight is 349 g/mol. The van der Waals surface area contributed by atoms with E-state index in [4.69, 9.17) is 0 Å². The lowest BCUT2D eigenvalue weighted by atomic mass is 10.0. The maximum Gasteiger partial charge on any atom is 0.282 e. The van der Waals surface area contributed by atoms with Gasteiger partial charge in [-0.2, -0.15) is 17.0 Å². The number of aromatic nitrogens is 3. The van der Waals surface area contributed by atoms with Crippen LogP contribution >= 0.6 is 0 Å². The smallest absolute Gasteiger partial charge is 0.282 e. The number of pyridine rings is 1. The van der Waals surface area contributed by atoms with Gasteiger partial charge in [0.2, 0.25) is 0 Å². The van der Waals surface area contributed by atoms with Gasteiger partial charge in [-0.05, 0) is 43.7 Å². The van der Waals surface area contributed by atoms with Crippen LogP contribution in [0.2, 0.25) is 0 Å². The molecule has 0 aromatic carbocycles. The molecular formula is C16H23N5O2S. The van der Waals surface area contributed by atoms with Crippen LogP contribution in [0.5, 0.6) is 0 Å². The van der Waals surface area contributed by atoms with Gasteiger partial charge in [-0.25, -0.2) is 0 Å². The molecule has 2 aliphatic rings. The van der Waals surface area contributed by atoms with E-state index in [0.717, 1.165) is 37.2 Å². The fourth-order valence-corrected chi connectivity index (χ4v) is 5.85. The van der Waals surface area contributed by atoms with Gasteiger partial charge in [0.1, 0.15) is 0 Å². The molecule has 24 heavy (non-hydrogen) atoms. The van der Waals surface area contributed by atoms with Crippen LogP contribution in [0.1, 0.15) is 44.5 Å². The Morgan fingerprint density at radius 2 is 1.96 bits per heavy atom. The minimum Gasteiger partial charge on any atom is -0.285 e. The van der Waals surface area contributed by atoms with Gasteiger partial charge in [0.25, 0.3) is 10.2 Å². The molecule has 130 valence electrons. The monoisotopic (exact) mass is 349 g/mol. The zero-order valence-corrected chi connectivity index (χ0v) is 14.7. The Hall–Kier alpha value is -1.51. The molecule has 0 unspecified atom stereocenters.